The minimum Gasteiger partial charge on any atom is -0.268 e. The van der Waals surface area contributed by atoms with Crippen molar-refractivity contribution < 1.29 is 0 Å². The van der Waals surface area contributed by atoms with Crippen LogP contribution in [0.4, 0.5) is 0 Å². The second-order valence-corrected chi connectivity index (χ2v) is 4.94. The molecule has 3 rings (SSSR count). The number of nitrogens with one attached hydrogen (secondary N) is 1. The van der Waals surface area contributed by atoms with E-state index in [-0.39, 0.29) is 5.56 Å². The Kier molecular flexibility index (Phi) is 2.77. The van der Waals surface area contributed by atoms with Gasteiger partial charge in [0.2, 0.25) is 0 Å². The molecule has 0 saturated carbocycles. The van der Waals surface area contributed by atoms with E-state index in [4.69, 9.17) is 0 Å². The Morgan fingerprint density at radius 3 is 2.94 bits per heavy atom. The molecule has 3 heterocycles. The first-order valence-electron chi connectivity index (χ1n) is 5.43. The summed E-state index contributed by atoms with van der Waals surface area (Å²) < 4.78 is 1.87. The molecule has 0 unspecified atom stereocenters. The molecule has 0 fully saturated rings. The zero-order valence-corrected chi connectivity index (χ0v) is 10.2. The molecule has 1 N–H and O–H groups in total. The maximum absolute atomic E-state index is 10.9. The summed E-state index contributed by atoms with van der Waals surface area (Å²) >= 11 is 1.64. The molecule has 0 aromatic carbocycles. The third kappa shape index (κ3) is 2.23. The van der Waals surface area contributed by atoms with E-state index in [9.17, 15) is 4.79 Å². The lowest BCUT2D eigenvalue weighted by Gasteiger charge is -1.97. The fraction of sp³-hybridized carbons (Fsp3) is 0.0833. The molecule has 0 bridgehead atoms. The van der Waals surface area contributed by atoms with E-state index in [1.54, 1.807) is 23.6 Å². The molecule has 0 aliphatic heterocycles. The highest BCUT2D eigenvalue weighted by molar-refractivity contribution is 7.15. The van der Waals surface area contributed by atoms with Crippen molar-refractivity contribution in [1.82, 2.24) is 20.0 Å². The highest BCUT2D eigenvalue weighted by Crippen LogP contribution is 2.26. The predicted molar refractivity (Wildman–Crippen MR) is 69.5 cm³/mol. The molecule has 18 heavy (non-hydrogen) atoms. The average Bonchev–Trinajstić information content (AvgIpc) is 3.02. The van der Waals surface area contributed by atoms with Crippen molar-refractivity contribution in [3.8, 4) is 10.6 Å². The number of thiophene rings is 1. The summed E-state index contributed by atoms with van der Waals surface area (Å²) in [5.74, 6) is 0. The van der Waals surface area contributed by atoms with Crippen LogP contribution in [0.25, 0.3) is 10.6 Å². The van der Waals surface area contributed by atoms with Gasteiger partial charge in [-0.1, -0.05) is 0 Å². The SMILES string of the molecule is O=c1ccc(-c2ccc(Cn3cccn3)s2)n[nH]1. The van der Waals surface area contributed by atoms with E-state index in [0.717, 1.165) is 17.1 Å². The molecule has 90 valence electrons. The maximum atomic E-state index is 10.9. The predicted octanol–water partition coefficient (Wildman–Crippen LogP) is 1.74. The van der Waals surface area contributed by atoms with Crippen LogP contribution in [0, 0.1) is 0 Å². The molecule has 0 amide bonds. The lowest BCUT2D eigenvalue weighted by Crippen LogP contribution is -2.05. The number of aromatic amines is 1. The third-order valence-corrected chi connectivity index (χ3v) is 3.56. The van der Waals surface area contributed by atoms with Gasteiger partial charge in [0.05, 0.1) is 11.4 Å². The molecule has 5 nitrogen and oxygen atoms in total. The molecule has 0 radical (unpaired) electrons. The first-order chi connectivity index (χ1) is 8.81. The van der Waals surface area contributed by atoms with Gasteiger partial charge in [0, 0.05) is 23.3 Å². The van der Waals surface area contributed by atoms with Crippen LogP contribution in [0.3, 0.4) is 0 Å². The zero-order chi connectivity index (χ0) is 12.4. The molecule has 0 aliphatic rings. The summed E-state index contributed by atoms with van der Waals surface area (Å²) in [4.78, 5) is 13.2. The van der Waals surface area contributed by atoms with Crippen LogP contribution in [0.2, 0.25) is 0 Å². The van der Waals surface area contributed by atoms with Crippen LogP contribution < -0.4 is 5.56 Å². The topological polar surface area (TPSA) is 63.6 Å². The summed E-state index contributed by atoms with van der Waals surface area (Å²) in [7, 11) is 0. The molecule has 3 aromatic heterocycles. The van der Waals surface area contributed by atoms with Crippen LogP contribution in [-0.4, -0.2) is 20.0 Å². The van der Waals surface area contributed by atoms with Crippen molar-refractivity contribution in [2.45, 2.75) is 6.54 Å². The van der Waals surface area contributed by atoms with E-state index >= 15 is 0 Å². The molecule has 6 heteroatoms. The van der Waals surface area contributed by atoms with Gasteiger partial charge in [0.25, 0.3) is 5.56 Å². The summed E-state index contributed by atoms with van der Waals surface area (Å²) in [6.07, 6.45) is 3.69. The van der Waals surface area contributed by atoms with Crippen molar-refractivity contribution in [2.75, 3.05) is 0 Å². The number of nitrogens with zero attached hydrogens (tertiary/aromatic N) is 3. The summed E-state index contributed by atoms with van der Waals surface area (Å²) in [5.41, 5.74) is 0.596. The van der Waals surface area contributed by atoms with Gasteiger partial charge in [0.1, 0.15) is 5.69 Å². The van der Waals surface area contributed by atoms with Crippen LogP contribution >= 0.6 is 11.3 Å². The van der Waals surface area contributed by atoms with Crippen LogP contribution in [0.5, 0.6) is 0 Å². The first kappa shape index (κ1) is 10.9. The fourth-order valence-electron chi connectivity index (χ4n) is 1.64. The monoisotopic (exact) mass is 258 g/mol. The molecule has 3 aromatic rings. The number of rotatable bonds is 3. The second-order valence-electron chi connectivity index (χ2n) is 3.78. The minimum absolute atomic E-state index is 0.188. The largest absolute Gasteiger partial charge is 0.268 e. The average molecular weight is 258 g/mol. The smallest absolute Gasteiger partial charge is 0.264 e. The van der Waals surface area contributed by atoms with Gasteiger partial charge < -0.3 is 0 Å². The van der Waals surface area contributed by atoms with E-state index in [1.807, 2.05) is 23.0 Å². The number of hydrogen-bond donors (Lipinski definition) is 1. The quantitative estimate of drug-likeness (QED) is 0.778. The van der Waals surface area contributed by atoms with Gasteiger partial charge in [-0.15, -0.1) is 11.3 Å². The van der Waals surface area contributed by atoms with E-state index in [1.165, 1.54) is 10.9 Å². The number of hydrogen-bond acceptors (Lipinski definition) is 4. The van der Waals surface area contributed by atoms with Crippen molar-refractivity contribution in [1.29, 1.82) is 0 Å². The van der Waals surface area contributed by atoms with Crippen LogP contribution in [0.1, 0.15) is 4.88 Å². The van der Waals surface area contributed by atoms with E-state index in [2.05, 4.69) is 21.4 Å². The Balaban J connectivity index is 1.85. The van der Waals surface area contributed by atoms with Gasteiger partial charge in [-0.2, -0.15) is 10.2 Å². The minimum atomic E-state index is -0.188. The van der Waals surface area contributed by atoms with E-state index < -0.39 is 0 Å². The maximum Gasteiger partial charge on any atom is 0.264 e. The van der Waals surface area contributed by atoms with Crippen molar-refractivity contribution in [3.63, 3.8) is 0 Å². The second kappa shape index (κ2) is 4.58. The normalized spacial score (nSPS) is 10.7. The molecular weight excluding hydrogens is 248 g/mol. The molecule has 0 atom stereocenters. The van der Waals surface area contributed by atoms with Crippen molar-refractivity contribution in [2.24, 2.45) is 0 Å². The van der Waals surface area contributed by atoms with Gasteiger partial charge in [-0.05, 0) is 24.3 Å². The molecular formula is C12H10N4OS. The Morgan fingerprint density at radius 2 is 2.22 bits per heavy atom. The van der Waals surface area contributed by atoms with Crippen molar-refractivity contribution >= 4 is 11.3 Å². The highest BCUT2D eigenvalue weighted by Gasteiger charge is 2.05. The lowest BCUT2D eigenvalue weighted by atomic mass is 10.3. The lowest BCUT2D eigenvalue weighted by molar-refractivity contribution is 0.695. The van der Waals surface area contributed by atoms with Gasteiger partial charge in [-0.3, -0.25) is 9.48 Å². The van der Waals surface area contributed by atoms with Gasteiger partial charge in [0.15, 0.2) is 0 Å². The molecule has 0 saturated heterocycles. The molecule has 0 aliphatic carbocycles. The summed E-state index contributed by atoms with van der Waals surface area (Å²) in [6.45, 7) is 0.751. The Bertz CT molecular complexity index is 678. The first-order valence-corrected chi connectivity index (χ1v) is 6.25. The fourth-order valence-corrected chi connectivity index (χ4v) is 2.61. The van der Waals surface area contributed by atoms with Crippen LogP contribution in [-0.2, 0) is 6.54 Å². The summed E-state index contributed by atoms with van der Waals surface area (Å²) in [6, 6.07) is 9.16. The standard InChI is InChI=1S/C12H10N4OS/c17-12-5-3-10(14-15-12)11-4-2-9(18-11)8-16-7-1-6-13-16/h1-7H,8H2,(H,15,17). The Hall–Kier alpha value is -2.21. The highest BCUT2D eigenvalue weighted by atomic mass is 32.1. The number of H-pyrrole nitrogens is 1. The molecule has 0 spiro atoms. The third-order valence-electron chi connectivity index (χ3n) is 2.47. The Labute approximate surface area is 107 Å². The zero-order valence-electron chi connectivity index (χ0n) is 9.41. The summed E-state index contributed by atoms with van der Waals surface area (Å²) in [5, 5.41) is 10.6. The van der Waals surface area contributed by atoms with Gasteiger partial charge in [-0.25, -0.2) is 5.10 Å². The van der Waals surface area contributed by atoms with Crippen molar-refractivity contribution in [3.05, 3.63) is 58.0 Å². The Morgan fingerprint density at radius 1 is 1.28 bits per heavy atom. The van der Waals surface area contributed by atoms with Crippen LogP contribution in [0.15, 0.2) is 47.5 Å². The number of aromatic nitrogens is 4. The van der Waals surface area contributed by atoms with Gasteiger partial charge >= 0.3 is 0 Å². The van der Waals surface area contributed by atoms with E-state index in [0.29, 0.717) is 0 Å².